The van der Waals surface area contributed by atoms with Gasteiger partial charge in [-0.25, -0.2) is 9.78 Å². The van der Waals surface area contributed by atoms with E-state index in [9.17, 15) is 9.59 Å². The zero-order valence-corrected chi connectivity index (χ0v) is 21.2. The Labute approximate surface area is 203 Å². The highest BCUT2D eigenvalue weighted by atomic mass is 79.9. The summed E-state index contributed by atoms with van der Waals surface area (Å²) in [4.78, 5) is 28.5. The van der Waals surface area contributed by atoms with Crippen molar-refractivity contribution in [3.8, 4) is 5.75 Å². The number of ether oxygens (including phenoxy) is 1. The number of unbranched alkanes of at least 4 members (excludes halogenated alkanes) is 1. The zero-order valence-electron chi connectivity index (χ0n) is 16.4. The van der Waals surface area contributed by atoms with Gasteiger partial charge in [0, 0.05) is 10.9 Å². The molecule has 0 amide bonds. The lowest BCUT2D eigenvalue weighted by Gasteiger charge is -2.10. The monoisotopic (exact) mass is 613 g/mol. The summed E-state index contributed by atoms with van der Waals surface area (Å²) in [5.41, 5.74) is 1.08. The van der Waals surface area contributed by atoms with Crippen LogP contribution in [0.3, 0.4) is 0 Å². The zero-order chi connectivity index (χ0) is 22.5. The molecule has 2 aromatic carbocycles. The highest BCUT2D eigenvalue weighted by Gasteiger charge is 2.12. The Kier molecular flexibility index (Phi) is 8.01. The number of carboxylic acids is 1. The lowest BCUT2D eigenvalue weighted by molar-refractivity contribution is -0.139. The number of benzene rings is 2. The maximum absolute atomic E-state index is 13.1. The number of rotatable bonds is 8. The molecule has 1 heterocycles. The maximum atomic E-state index is 13.1. The third kappa shape index (κ3) is 5.81. The fourth-order valence-electron chi connectivity index (χ4n) is 2.86. The lowest BCUT2D eigenvalue weighted by Crippen LogP contribution is -2.22. The van der Waals surface area contributed by atoms with Crippen LogP contribution in [0.25, 0.3) is 10.9 Å². The number of aromatic nitrogens is 2. The van der Waals surface area contributed by atoms with Crippen molar-refractivity contribution in [1.29, 1.82) is 0 Å². The molecule has 0 aliphatic carbocycles. The third-order valence-corrected chi connectivity index (χ3v) is 5.98. The minimum atomic E-state index is -1.07. The van der Waals surface area contributed by atoms with Gasteiger partial charge in [0.2, 0.25) is 0 Å². The second-order valence-corrected chi connectivity index (χ2v) is 9.28. The molecule has 10 heteroatoms. The topological polar surface area (TPSA) is 93.8 Å². The molecule has 0 atom stereocenters. The molecule has 3 rings (SSSR count). The normalized spacial score (nSPS) is 11.4. The minimum Gasteiger partial charge on any atom is -0.480 e. The van der Waals surface area contributed by atoms with E-state index in [1.807, 2.05) is 12.1 Å². The Bertz CT molecular complexity index is 1200. The van der Waals surface area contributed by atoms with Crippen molar-refractivity contribution in [2.75, 3.05) is 6.61 Å². The van der Waals surface area contributed by atoms with Gasteiger partial charge in [0.15, 0.2) is 6.61 Å². The van der Waals surface area contributed by atoms with E-state index in [1.165, 1.54) is 4.68 Å². The van der Waals surface area contributed by atoms with E-state index in [0.717, 1.165) is 17.3 Å². The number of fused-ring (bicyclic) bond motifs is 1. The first kappa shape index (κ1) is 23.6. The summed E-state index contributed by atoms with van der Waals surface area (Å²) in [6.45, 7) is 1.62. The Morgan fingerprint density at radius 3 is 2.58 bits per heavy atom. The predicted molar refractivity (Wildman–Crippen MR) is 130 cm³/mol. The SMILES string of the molecule is CCCCc1nc2ccc(Br)cc2c(=O)n1N=Cc1cc(Br)c(OCC(=O)O)c(Br)c1. The fourth-order valence-corrected chi connectivity index (χ4v) is 4.67. The van der Waals surface area contributed by atoms with Crippen molar-refractivity contribution < 1.29 is 14.6 Å². The Balaban J connectivity index is 2.02. The standard InChI is InChI=1S/C21H18Br3N3O4/c1-2-3-4-18-26-17-6-5-13(22)9-14(17)21(30)27(18)25-10-12-7-15(23)20(16(24)8-12)31-11-19(28)29/h5-10H,2-4,11H2,1H3,(H,28,29). The Morgan fingerprint density at radius 2 is 1.94 bits per heavy atom. The molecule has 31 heavy (non-hydrogen) atoms. The van der Waals surface area contributed by atoms with E-state index < -0.39 is 12.6 Å². The van der Waals surface area contributed by atoms with E-state index in [2.05, 4.69) is 64.8 Å². The van der Waals surface area contributed by atoms with E-state index in [1.54, 1.807) is 24.4 Å². The van der Waals surface area contributed by atoms with Gasteiger partial charge < -0.3 is 9.84 Å². The molecule has 3 aromatic rings. The number of hydrogen-bond acceptors (Lipinski definition) is 5. The molecule has 7 nitrogen and oxygen atoms in total. The molecule has 0 fully saturated rings. The van der Waals surface area contributed by atoms with Gasteiger partial charge in [-0.3, -0.25) is 4.79 Å². The van der Waals surface area contributed by atoms with Gasteiger partial charge in [0.25, 0.3) is 5.56 Å². The summed E-state index contributed by atoms with van der Waals surface area (Å²) >= 11 is 10.2. The summed E-state index contributed by atoms with van der Waals surface area (Å²) < 4.78 is 8.53. The van der Waals surface area contributed by atoms with E-state index >= 15 is 0 Å². The van der Waals surface area contributed by atoms with Crippen LogP contribution in [-0.2, 0) is 11.2 Å². The molecule has 1 aromatic heterocycles. The lowest BCUT2D eigenvalue weighted by atomic mass is 10.2. The minimum absolute atomic E-state index is 0.242. The Morgan fingerprint density at radius 1 is 1.23 bits per heavy atom. The molecular formula is C21H18Br3N3O4. The van der Waals surface area contributed by atoms with Crippen molar-refractivity contribution in [3.05, 3.63) is 65.5 Å². The van der Waals surface area contributed by atoms with E-state index in [-0.39, 0.29) is 5.56 Å². The van der Waals surface area contributed by atoms with Crippen molar-refractivity contribution >= 4 is 70.9 Å². The summed E-state index contributed by atoms with van der Waals surface area (Å²) in [7, 11) is 0. The molecule has 0 aliphatic rings. The quantitative estimate of drug-likeness (QED) is 0.344. The molecule has 0 saturated heterocycles. The summed E-state index contributed by atoms with van der Waals surface area (Å²) in [5.74, 6) is -0.103. The van der Waals surface area contributed by atoms with Crippen LogP contribution in [0.5, 0.6) is 5.75 Å². The number of carbonyl (C=O) groups is 1. The molecule has 0 spiro atoms. The smallest absolute Gasteiger partial charge is 0.341 e. The van der Waals surface area contributed by atoms with Gasteiger partial charge in [-0.1, -0.05) is 29.3 Å². The average molecular weight is 616 g/mol. The number of aliphatic carboxylic acids is 1. The van der Waals surface area contributed by atoms with Crippen LogP contribution in [-0.4, -0.2) is 33.6 Å². The molecule has 0 saturated carbocycles. The number of nitrogens with zero attached hydrogens (tertiary/aromatic N) is 3. The average Bonchev–Trinajstić information content (AvgIpc) is 2.71. The van der Waals surface area contributed by atoms with Crippen LogP contribution in [0, 0.1) is 0 Å². The molecule has 1 N–H and O–H groups in total. The second kappa shape index (κ2) is 10.5. The summed E-state index contributed by atoms with van der Waals surface area (Å²) in [5, 5.41) is 13.7. The first-order valence-corrected chi connectivity index (χ1v) is 11.8. The summed E-state index contributed by atoms with van der Waals surface area (Å²) in [6, 6.07) is 8.87. The van der Waals surface area contributed by atoms with Gasteiger partial charge >= 0.3 is 5.97 Å². The van der Waals surface area contributed by atoms with Gasteiger partial charge in [-0.2, -0.15) is 9.78 Å². The van der Waals surface area contributed by atoms with Crippen LogP contribution in [0.15, 0.2) is 53.6 Å². The first-order chi connectivity index (χ1) is 14.8. The van der Waals surface area contributed by atoms with Gasteiger partial charge in [-0.15, -0.1) is 0 Å². The van der Waals surface area contributed by atoms with Crippen molar-refractivity contribution in [2.24, 2.45) is 5.10 Å². The first-order valence-electron chi connectivity index (χ1n) is 9.39. The molecular weight excluding hydrogens is 598 g/mol. The summed E-state index contributed by atoms with van der Waals surface area (Å²) in [6.07, 6.45) is 4.04. The van der Waals surface area contributed by atoms with E-state index in [4.69, 9.17) is 9.84 Å². The fraction of sp³-hybridized carbons (Fsp3) is 0.238. The van der Waals surface area contributed by atoms with Crippen LogP contribution in [0.4, 0.5) is 0 Å². The predicted octanol–water partition coefficient (Wildman–Crippen LogP) is 5.37. The van der Waals surface area contributed by atoms with Crippen molar-refractivity contribution in [3.63, 3.8) is 0 Å². The van der Waals surface area contributed by atoms with Crippen molar-refractivity contribution in [1.82, 2.24) is 9.66 Å². The molecule has 0 aliphatic heterocycles. The Hall–Kier alpha value is -2.04. The van der Waals surface area contributed by atoms with E-state index in [0.29, 0.717) is 43.4 Å². The van der Waals surface area contributed by atoms with Crippen molar-refractivity contribution in [2.45, 2.75) is 26.2 Å². The molecule has 162 valence electrons. The molecule has 0 unspecified atom stereocenters. The third-order valence-electron chi connectivity index (χ3n) is 4.31. The van der Waals surface area contributed by atoms with Gasteiger partial charge in [-0.05, 0) is 74.2 Å². The maximum Gasteiger partial charge on any atom is 0.341 e. The number of aryl methyl sites for hydroxylation is 1. The molecule has 0 radical (unpaired) electrons. The van der Waals surface area contributed by atoms with Crippen LogP contribution >= 0.6 is 47.8 Å². The van der Waals surface area contributed by atoms with Crippen LogP contribution in [0.1, 0.15) is 31.2 Å². The highest BCUT2D eigenvalue weighted by molar-refractivity contribution is 9.11. The second-order valence-electron chi connectivity index (χ2n) is 6.65. The molecule has 0 bridgehead atoms. The van der Waals surface area contributed by atoms with Gasteiger partial charge in [0.05, 0.1) is 26.1 Å². The van der Waals surface area contributed by atoms with Gasteiger partial charge in [0.1, 0.15) is 11.6 Å². The number of carboxylic acid groups (broad SMARTS) is 1. The highest BCUT2D eigenvalue weighted by Crippen LogP contribution is 2.34. The number of halogens is 3. The largest absolute Gasteiger partial charge is 0.480 e. The van der Waals surface area contributed by atoms with Crippen LogP contribution < -0.4 is 10.3 Å². The number of hydrogen-bond donors (Lipinski definition) is 1. The van der Waals surface area contributed by atoms with Crippen LogP contribution in [0.2, 0.25) is 0 Å².